The molecule has 1 atom stereocenters. The molecule has 0 saturated carbocycles. The smallest absolute Gasteiger partial charge is 0.357 e. The lowest BCUT2D eigenvalue weighted by Gasteiger charge is -2.17. The van der Waals surface area contributed by atoms with Crippen molar-refractivity contribution in [1.82, 2.24) is 4.98 Å². The van der Waals surface area contributed by atoms with E-state index in [9.17, 15) is 4.79 Å². The molecule has 1 aromatic heterocycles. The van der Waals surface area contributed by atoms with E-state index in [0.29, 0.717) is 17.4 Å². The number of esters is 1. The number of ether oxygens (including phenoxy) is 3. The number of thiazole rings is 1. The fourth-order valence-corrected chi connectivity index (χ4v) is 2.51. The van der Waals surface area contributed by atoms with E-state index in [0.717, 1.165) is 13.0 Å². The number of hydrogen-bond acceptors (Lipinski definition) is 7. The monoisotopic (exact) mass is 286 g/mol. The highest BCUT2D eigenvalue weighted by Crippen LogP contribution is 2.24. The van der Waals surface area contributed by atoms with Crippen molar-refractivity contribution in [2.75, 3.05) is 25.6 Å². The van der Waals surface area contributed by atoms with E-state index in [1.54, 1.807) is 5.38 Å². The summed E-state index contributed by atoms with van der Waals surface area (Å²) >= 11 is 1.38. The predicted molar refractivity (Wildman–Crippen MR) is 71.5 cm³/mol. The van der Waals surface area contributed by atoms with Crippen molar-refractivity contribution in [2.24, 2.45) is 0 Å². The fourth-order valence-electron chi connectivity index (χ4n) is 1.80. The van der Waals surface area contributed by atoms with E-state index in [1.807, 2.05) is 13.8 Å². The lowest BCUT2D eigenvalue weighted by molar-refractivity contribution is -0.138. The summed E-state index contributed by atoms with van der Waals surface area (Å²) in [6.45, 7) is 5.14. The van der Waals surface area contributed by atoms with Crippen molar-refractivity contribution in [3.63, 3.8) is 0 Å². The first-order valence-corrected chi connectivity index (χ1v) is 6.97. The Balaban J connectivity index is 1.74. The summed E-state index contributed by atoms with van der Waals surface area (Å²) in [5.41, 5.74) is 0.330. The number of nitrogens with one attached hydrogen (secondary N) is 1. The topological polar surface area (TPSA) is 69.7 Å². The number of methoxy groups -OCH3 is 1. The highest BCUT2D eigenvalue weighted by molar-refractivity contribution is 7.13. The van der Waals surface area contributed by atoms with Crippen molar-refractivity contribution < 1.29 is 19.0 Å². The third-order valence-corrected chi connectivity index (χ3v) is 3.51. The molecule has 1 aliphatic heterocycles. The molecule has 1 aromatic rings. The Morgan fingerprint density at radius 2 is 2.47 bits per heavy atom. The van der Waals surface area contributed by atoms with Crippen molar-refractivity contribution in [3.05, 3.63) is 11.1 Å². The Morgan fingerprint density at radius 1 is 1.68 bits per heavy atom. The van der Waals surface area contributed by atoms with Crippen LogP contribution < -0.4 is 5.32 Å². The largest absolute Gasteiger partial charge is 0.464 e. The SMILES string of the molecule is COC(=O)c1csc(NCCC2COC(C)(C)O2)n1. The van der Waals surface area contributed by atoms with Gasteiger partial charge in [-0.1, -0.05) is 0 Å². The molecule has 0 aliphatic carbocycles. The van der Waals surface area contributed by atoms with E-state index in [4.69, 9.17) is 9.47 Å². The second kappa shape index (κ2) is 5.85. The molecule has 106 valence electrons. The van der Waals surface area contributed by atoms with Gasteiger partial charge in [0.15, 0.2) is 16.6 Å². The molecule has 1 N–H and O–H groups in total. The van der Waals surface area contributed by atoms with Gasteiger partial charge >= 0.3 is 5.97 Å². The van der Waals surface area contributed by atoms with Crippen LogP contribution in [0.2, 0.25) is 0 Å². The van der Waals surface area contributed by atoms with Gasteiger partial charge in [-0.3, -0.25) is 0 Å². The first kappa shape index (κ1) is 14.2. The van der Waals surface area contributed by atoms with Gasteiger partial charge in [-0.2, -0.15) is 0 Å². The van der Waals surface area contributed by atoms with Gasteiger partial charge in [0.05, 0.1) is 19.8 Å². The number of aromatic nitrogens is 1. The Kier molecular flexibility index (Phi) is 4.38. The predicted octanol–water partition coefficient (Wildman–Crippen LogP) is 1.88. The van der Waals surface area contributed by atoms with Crippen LogP contribution in [0.3, 0.4) is 0 Å². The average molecular weight is 286 g/mol. The van der Waals surface area contributed by atoms with E-state index >= 15 is 0 Å². The molecule has 0 bridgehead atoms. The molecule has 1 unspecified atom stereocenters. The van der Waals surface area contributed by atoms with Crippen LogP contribution >= 0.6 is 11.3 Å². The van der Waals surface area contributed by atoms with Crippen molar-refractivity contribution in [1.29, 1.82) is 0 Å². The van der Waals surface area contributed by atoms with Gasteiger partial charge in [0, 0.05) is 11.9 Å². The van der Waals surface area contributed by atoms with Crippen LogP contribution in [0.25, 0.3) is 0 Å². The van der Waals surface area contributed by atoms with Crippen LogP contribution in [0.15, 0.2) is 5.38 Å². The van der Waals surface area contributed by atoms with Gasteiger partial charge < -0.3 is 19.5 Å². The minimum Gasteiger partial charge on any atom is -0.464 e. The molecule has 1 saturated heterocycles. The minimum atomic E-state index is -0.482. The molecule has 7 heteroatoms. The summed E-state index contributed by atoms with van der Waals surface area (Å²) in [5.74, 6) is -0.900. The summed E-state index contributed by atoms with van der Waals surface area (Å²) in [6, 6.07) is 0. The van der Waals surface area contributed by atoms with Gasteiger partial charge in [0.1, 0.15) is 0 Å². The number of rotatable bonds is 5. The molecule has 19 heavy (non-hydrogen) atoms. The first-order chi connectivity index (χ1) is 9.00. The Bertz CT molecular complexity index is 447. The molecule has 1 aliphatic rings. The fraction of sp³-hybridized carbons (Fsp3) is 0.667. The number of anilines is 1. The minimum absolute atomic E-state index is 0.0996. The Hall–Kier alpha value is -1.18. The van der Waals surface area contributed by atoms with Crippen molar-refractivity contribution in [2.45, 2.75) is 32.2 Å². The van der Waals surface area contributed by atoms with Crippen LogP contribution in [0.5, 0.6) is 0 Å². The zero-order valence-electron chi connectivity index (χ0n) is 11.3. The van der Waals surface area contributed by atoms with Crippen molar-refractivity contribution >= 4 is 22.4 Å². The van der Waals surface area contributed by atoms with Gasteiger partial charge in [0.25, 0.3) is 0 Å². The first-order valence-electron chi connectivity index (χ1n) is 6.09. The third-order valence-electron chi connectivity index (χ3n) is 2.71. The van der Waals surface area contributed by atoms with E-state index in [1.165, 1.54) is 18.4 Å². The molecule has 0 spiro atoms. The zero-order chi connectivity index (χ0) is 13.9. The van der Waals surface area contributed by atoms with Crippen LogP contribution in [0, 0.1) is 0 Å². The molecular formula is C12H18N2O4S. The maximum atomic E-state index is 11.2. The summed E-state index contributed by atoms with van der Waals surface area (Å²) in [4.78, 5) is 15.4. The Morgan fingerprint density at radius 3 is 3.11 bits per heavy atom. The van der Waals surface area contributed by atoms with Gasteiger partial charge in [0.2, 0.25) is 0 Å². The van der Waals surface area contributed by atoms with Crippen molar-refractivity contribution in [3.8, 4) is 0 Å². The summed E-state index contributed by atoms with van der Waals surface area (Å²) < 4.78 is 15.8. The van der Waals surface area contributed by atoms with Crippen LogP contribution in [0.4, 0.5) is 5.13 Å². The van der Waals surface area contributed by atoms with E-state index < -0.39 is 11.8 Å². The van der Waals surface area contributed by atoms with E-state index in [-0.39, 0.29) is 6.10 Å². The van der Waals surface area contributed by atoms with Gasteiger partial charge in [-0.15, -0.1) is 11.3 Å². The molecule has 1 fully saturated rings. The summed E-state index contributed by atoms with van der Waals surface area (Å²) in [5, 5.41) is 5.54. The lowest BCUT2D eigenvalue weighted by atomic mass is 10.3. The summed E-state index contributed by atoms with van der Waals surface area (Å²) in [6.07, 6.45) is 0.930. The molecule has 2 heterocycles. The number of carbonyl (C=O) groups excluding carboxylic acids is 1. The van der Waals surface area contributed by atoms with Crippen LogP contribution in [-0.2, 0) is 14.2 Å². The summed E-state index contributed by atoms with van der Waals surface area (Å²) in [7, 11) is 1.34. The standard InChI is InChI=1S/C12H18N2O4S/c1-12(2)17-6-8(18-12)4-5-13-11-14-9(7-19-11)10(15)16-3/h7-8H,4-6H2,1-3H3,(H,13,14). The molecule has 0 aromatic carbocycles. The molecule has 0 amide bonds. The molecular weight excluding hydrogens is 268 g/mol. The average Bonchev–Trinajstić information content (AvgIpc) is 2.95. The number of hydrogen-bond donors (Lipinski definition) is 1. The number of nitrogens with zero attached hydrogens (tertiary/aromatic N) is 1. The molecule has 6 nitrogen and oxygen atoms in total. The molecule has 2 rings (SSSR count). The van der Waals surface area contributed by atoms with Crippen LogP contribution in [-0.4, -0.2) is 43.1 Å². The second-order valence-corrected chi connectivity index (χ2v) is 5.55. The maximum Gasteiger partial charge on any atom is 0.357 e. The van der Waals surface area contributed by atoms with E-state index in [2.05, 4.69) is 15.0 Å². The number of carbonyl (C=O) groups is 1. The Labute approximate surface area is 116 Å². The molecule has 0 radical (unpaired) electrons. The maximum absolute atomic E-state index is 11.2. The van der Waals surface area contributed by atoms with Crippen LogP contribution in [0.1, 0.15) is 30.8 Å². The van der Waals surface area contributed by atoms with Gasteiger partial charge in [-0.05, 0) is 20.3 Å². The zero-order valence-corrected chi connectivity index (χ0v) is 12.1. The quantitative estimate of drug-likeness (QED) is 0.834. The normalized spacial score (nSPS) is 21.3. The van der Waals surface area contributed by atoms with Gasteiger partial charge in [-0.25, -0.2) is 9.78 Å². The third kappa shape index (κ3) is 3.89. The second-order valence-electron chi connectivity index (χ2n) is 4.70. The highest BCUT2D eigenvalue weighted by atomic mass is 32.1. The highest BCUT2D eigenvalue weighted by Gasteiger charge is 2.32. The lowest BCUT2D eigenvalue weighted by Crippen LogP contribution is -2.22.